The molecule has 7 nitrogen and oxygen atoms in total. The SMILES string of the molecule is CC(C=O)[C@@H]1CC(=O)N(c2ccc([N+](=O)[O-])cc2)C1=O. The summed E-state index contributed by atoms with van der Waals surface area (Å²) in [5, 5.41) is 10.6. The molecule has 1 saturated heterocycles. The normalized spacial score (nSPS) is 20.1. The summed E-state index contributed by atoms with van der Waals surface area (Å²) in [7, 11) is 0. The Morgan fingerprint density at radius 3 is 2.45 bits per heavy atom. The molecular formula is C13H12N2O5. The van der Waals surface area contributed by atoms with Gasteiger partial charge in [-0.25, -0.2) is 0 Å². The molecule has 1 aromatic carbocycles. The van der Waals surface area contributed by atoms with Gasteiger partial charge in [-0.2, -0.15) is 0 Å². The van der Waals surface area contributed by atoms with Crippen LogP contribution in [0.1, 0.15) is 13.3 Å². The summed E-state index contributed by atoms with van der Waals surface area (Å²) in [5.74, 6) is -2.03. The fourth-order valence-corrected chi connectivity index (χ4v) is 2.16. The molecule has 2 amide bonds. The predicted octanol–water partition coefficient (Wildman–Crippen LogP) is 1.31. The van der Waals surface area contributed by atoms with Gasteiger partial charge in [-0.15, -0.1) is 0 Å². The molecule has 7 heteroatoms. The van der Waals surface area contributed by atoms with Gasteiger partial charge in [0.25, 0.3) is 5.69 Å². The number of aldehydes is 1. The van der Waals surface area contributed by atoms with Crippen LogP contribution in [0.25, 0.3) is 0 Å². The van der Waals surface area contributed by atoms with E-state index >= 15 is 0 Å². The summed E-state index contributed by atoms with van der Waals surface area (Å²) in [6.45, 7) is 1.59. The monoisotopic (exact) mass is 276 g/mol. The molecule has 104 valence electrons. The number of nitrogens with zero attached hydrogens (tertiary/aromatic N) is 2. The number of amides is 2. The highest BCUT2D eigenvalue weighted by molar-refractivity contribution is 6.21. The minimum Gasteiger partial charge on any atom is -0.303 e. The van der Waals surface area contributed by atoms with Crippen molar-refractivity contribution in [3.05, 3.63) is 34.4 Å². The zero-order valence-corrected chi connectivity index (χ0v) is 10.7. The first-order valence-electron chi connectivity index (χ1n) is 6.02. The number of nitro benzene ring substituents is 1. The van der Waals surface area contributed by atoms with E-state index in [9.17, 15) is 24.5 Å². The Hall–Kier alpha value is -2.57. The zero-order chi connectivity index (χ0) is 14.9. The van der Waals surface area contributed by atoms with Crippen LogP contribution in [0.2, 0.25) is 0 Å². The van der Waals surface area contributed by atoms with E-state index in [1.165, 1.54) is 24.3 Å². The fourth-order valence-electron chi connectivity index (χ4n) is 2.16. The van der Waals surface area contributed by atoms with Gasteiger partial charge in [0, 0.05) is 24.5 Å². The molecule has 0 spiro atoms. The van der Waals surface area contributed by atoms with Crippen molar-refractivity contribution in [2.75, 3.05) is 4.90 Å². The second kappa shape index (κ2) is 5.20. The summed E-state index contributed by atoms with van der Waals surface area (Å²) >= 11 is 0. The van der Waals surface area contributed by atoms with E-state index in [0.29, 0.717) is 6.29 Å². The van der Waals surface area contributed by atoms with Crippen molar-refractivity contribution in [2.24, 2.45) is 11.8 Å². The van der Waals surface area contributed by atoms with Gasteiger partial charge in [-0.05, 0) is 12.1 Å². The second-order valence-corrected chi connectivity index (χ2v) is 4.65. The molecule has 0 bridgehead atoms. The Labute approximate surface area is 114 Å². The lowest BCUT2D eigenvalue weighted by molar-refractivity contribution is -0.384. The maximum atomic E-state index is 12.1. The highest BCUT2D eigenvalue weighted by Gasteiger charge is 2.42. The van der Waals surface area contributed by atoms with Crippen molar-refractivity contribution >= 4 is 29.5 Å². The molecule has 1 aliphatic rings. The van der Waals surface area contributed by atoms with E-state index in [1.807, 2.05) is 0 Å². The van der Waals surface area contributed by atoms with Gasteiger partial charge >= 0.3 is 0 Å². The summed E-state index contributed by atoms with van der Waals surface area (Å²) in [4.78, 5) is 45.8. The molecule has 0 aromatic heterocycles. The molecule has 1 aliphatic heterocycles. The minimum absolute atomic E-state index is 0.0181. The first-order valence-corrected chi connectivity index (χ1v) is 6.02. The number of carbonyl (C=O) groups is 3. The first kappa shape index (κ1) is 13.9. The average Bonchev–Trinajstić information content (AvgIpc) is 2.73. The predicted molar refractivity (Wildman–Crippen MR) is 68.9 cm³/mol. The van der Waals surface area contributed by atoms with Gasteiger partial charge < -0.3 is 4.79 Å². The van der Waals surface area contributed by atoms with Crippen LogP contribution in [0.3, 0.4) is 0 Å². The lowest BCUT2D eigenvalue weighted by Crippen LogP contribution is -2.32. The van der Waals surface area contributed by atoms with E-state index in [-0.39, 0.29) is 17.8 Å². The molecular weight excluding hydrogens is 264 g/mol. The number of hydrogen-bond donors (Lipinski definition) is 0. The van der Waals surface area contributed by atoms with Crippen molar-refractivity contribution < 1.29 is 19.3 Å². The maximum absolute atomic E-state index is 12.1. The van der Waals surface area contributed by atoms with Crippen molar-refractivity contribution in [1.82, 2.24) is 0 Å². The van der Waals surface area contributed by atoms with Crippen molar-refractivity contribution in [3.8, 4) is 0 Å². The zero-order valence-electron chi connectivity index (χ0n) is 10.7. The summed E-state index contributed by atoms with van der Waals surface area (Å²) < 4.78 is 0. The van der Waals surface area contributed by atoms with Crippen molar-refractivity contribution in [2.45, 2.75) is 13.3 Å². The molecule has 0 radical (unpaired) electrons. The molecule has 1 heterocycles. The van der Waals surface area contributed by atoms with Crippen LogP contribution in [0, 0.1) is 22.0 Å². The van der Waals surface area contributed by atoms with Crippen molar-refractivity contribution in [1.29, 1.82) is 0 Å². The van der Waals surface area contributed by atoms with E-state index in [0.717, 1.165) is 4.90 Å². The molecule has 2 rings (SSSR count). The average molecular weight is 276 g/mol. The third-order valence-electron chi connectivity index (χ3n) is 3.35. The Bertz CT molecular complexity index is 581. The van der Waals surface area contributed by atoms with Crippen LogP contribution in [0.5, 0.6) is 0 Å². The third-order valence-corrected chi connectivity index (χ3v) is 3.35. The lowest BCUT2D eigenvalue weighted by atomic mass is 9.94. The van der Waals surface area contributed by atoms with E-state index in [4.69, 9.17) is 0 Å². The minimum atomic E-state index is -0.657. The smallest absolute Gasteiger partial charge is 0.269 e. The van der Waals surface area contributed by atoms with Crippen LogP contribution < -0.4 is 4.90 Å². The van der Waals surface area contributed by atoms with Crippen LogP contribution in [-0.4, -0.2) is 23.0 Å². The molecule has 0 N–H and O–H groups in total. The number of non-ortho nitro benzene ring substituents is 1. The summed E-state index contributed by atoms with van der Waals surface area (Å²) in [5.41, 5.74) is 0.164. The first-order chi connectivity index (χ1) is 9.45. The number of rotatable bonds is 4. The van der Waals surface area contributed by atoms with Gasteiger partial charge in [0.2, 0.25) is 11.8 Å². The van der Waals surface area contributed by atoms with E-state index in [2.05, 4.69) is 0 Å². The largest absolute Gasteiger partial charge is 0.303 e. The molecule has 0 saturated carbocycles. The van der Waals surface area contributed by atoms with E-state index in [1.54, 1.807) is 6.92 Å². The number of benzene rings is 1. The van der Waals surface area contributed by atoms with Crippen LogP contribution in [0.15, 0.2) is 24.3 Å². The van der Waals surface area contributed by atoms with Crippen LogP contribution in [0.4, 0.5) is 11.4 Å². The molecule has 1 aromatic rings. The van der Waals surface area contributed by atoms with Gasteiger partial charge in [0.05, 0.1) is 16.5 Å². The van der Waals surface area contributed by atoms with Gasteiger partial charge in [0.1, 0.15) is 6.29 Å². The molecule has 2 atom stereocenters. The number of anilines is 1. The van der Waals surface area contributed by atoms with Crippen LogP contribution in [-0.2, 0) is 14.4 Å². The summed E-state index contributed by atoms with van der Waals surface area (Å²) in [6.07, 6.45) is 0.630. The van der Waals surface area contributed by atoms with Gasteiger partial charge in [0.15, 0.2) is 0 Å². The standard InChI is InChI=1S/C13H12N2O5/c1-8(7-16)11-6-12(17)14(13(11)18)9-2-4-10(5-3-9)15(19)20/h2-5,7-8,11H,6H2,1H3/t8?,11-/m0/s1. The quantitative estimate of drug-likeness (QED) is 0.357. The molecule has 0 aliphatic carbocycles. The lowest BCUT2D eigenvalue weighted by Gasteiger charge is -2.15. The molecule has 1 fully saturated rings. The fraction of sp³-hybridized carbons (Fsp3) is 0.308. The Kier molecular flexibility index (Phi) is 3.60. The molecule has 20 heavy (non-hydrogen) atoms. The number of hydrogen-bond acceptors (Lipinski definition) is 5. The van der Waals surface area contributed by atoms with Crippen LogP contribution >= 0.6 is 0 Å². The number of nitro groups is 1. The Morgan fingerprint density at radius 2 is 1.95 bits per heavy atom. The molecule has 1 unspecified atom stereocenters. The highest BCUT2D eigenvalue weighted by atomic mass is 16.6. The van der Waals surface area contributed by atoms with Gasteiger partial charge in [-0.1, -0.05) is 6.92 Å². The Morgan fingerprint density at radius 1 is 1.35 bits per heavy atom. The number of imide groups is 1. The third kappa shape index (κ3) is 2.29. The highest BCUT2D eigenvalue weighted by Crippen LogP contribution is 2.31. The van der Waals surface area contributed by atoms with E-state index < -0.39 is 28.6 Å². The Balaban J connectivity index is 2.28. The topological polar surface area (TPSA) is 97.6 Å². The maximum Gasteiger partial charge on any atom is 0.269 e. The summed E-state index contributed by atoms with van der Waals surface area (Å²) in [6, 6.07) is 5.16. The number of carbonyl (C=O) groups excluding carboxylic acids is 3. The van der Waals surface area contributed by atoms with Crippen molar-refractivity contribution in [3.63, 3.8) is 0 Å². The van der Waals surface area contributed by atoms with Gasteiger partial charge in [-0.3, -0.25) is 24.6 Å². The second-order valence-electron chi connectivity index (χ2n) is 4.65.